The first-order valence-electron chi connectivity index (χ1n) is 7.59. The Labute approximate surface area is 150 Å². The maximum atomic E-state index is 12.6. The van der Waals surface area contributed by atoms with E-state index in [1.165, 1.54) is 27.2 Å². The molecule has 0 amide bonds. The normalized spacial score (nSPS) is 10.5. The van der Waals surface area contributed by atoms with E-state index in [0.717, 1.165) is 4.57 Å². The zero-order valence-electron chi connectivity index (χ0n) is 14.7. The molecule has 0 radical (unpaired) electrons. The summed E-state index contributed by atoms with van der Waals surface area (Å²) in [6.45, 7) is 5.10. The van der Waals surface area contributed by atoms with Crippen LogP contribution in [0.1, 0.15) is 11.1 Å². The van der Waals surface area contributed by atoms with Crippen LogP contribution in [0.5, 0.6) is 17.4 Å². The second-order valence-electron chi connectivity index (χ2n) is 5.23. The minimum absolute atomic E-state index is 0.0324. The van der Waals surface area contributed by atoms with E-state index in [-0.39, 0.29) is 23.4 Å². The number of aromatic hydroxyl groups is 1. The van der Waals surface area contributed by atoms with Crippen molar-refractivity contribution in [2.24, 2.45) is 10.2 Å². The zero-order valence-corrected chi connectivity index (χ0v) is 14.7. The molecule has 0 aliphatic heterocycles. The van der Waals surface area contributed by atoms with Crippen molar-refractivity contribution in [3.8, 4) is 23.4 Å². The maximum absolute atomic E-state index is 12.6. The molecule has 8 heteroatoms. The van der Waals surface area contributed by atoms with Crippen molar-refractivity contribution < 1.29 is 14.6 Å². The van der Waals surface area contributed by atoms with Gasteiger partial charge in [-0.3, -0.25) is 9.36 Å². The molecular formula is C18H18N4O4. The van der Waals surface area contributed by atoms with Gasteiger partial charge in [0.15, 0.2) is 5.69 Å². The Bertz CT molecular complexity index is 971. The first-order chi connectivity index (χ1) is 12.5. The summed E-state index contributed by atoms with van der Waals surface area (Å²) in [6.07, 6.45) is 1.43. The lowest BCUT2D eigenvalue weighted by Crippen LogP contribution is -2.21. The van der Waals surface area contributed by atoms with Gasteiger partial charge in [-0.05, 0) is 19.1 Å². The molecule has 134 valence electrons. The van der Waals surface area contributed by atoms with E-state index in [1.807, 2.05) is 6.07 Å². The molecule has 1 N–H and O–H groups in total. The van der Waals surface area contributed by atoms with Crippen LogP contribution in [0, 0.1) is 18.3 Å². The number of ether oxygens (including phenoxy) is 2. The van der Waals surface area contributed by atoms with Gasteiger partial charge in [0.2, 0.25) is 5.88 Å². The Balaban J connectivity index is 2.65. The Morgan fingerprint density at radius 1 is 1.35 bits per heavy atom. The van der Waals surface area contributed by atoms with Crippen LogP contribution in [0.2, 0.25) is 0 Å². The van der Waals surface area contributed by atoms with Crippen molar-refractivity contribution in [1.82, 2.24) is 4.57 Å². The number of hydrogen-bond donors (Lipinski definition) is 1. The monoisotopic (exact) mass is 354 g/mol. The molecule has 1 aromatic heterocycles. The summed E-state index contributed by atoms with van der Waals surface area (Å²) >= 11 is 0. The van der Waals surface area contributed by atoms with Crippen LogP contribution in [0.15, 0.2) is 45.9 Å². The van der Waals surface area contributed by atoms with E-state index in [2.05, 4.69) is 16.8 Å². The van der Waals surface area contributed by atoms with Crippen LogP contribution < -0.4 is 15.0 Å². The van der Waals surface area contributed by atoms with Crippen molar-refractivity contribution >= 4 is 11.4 Å². The highest BCUT2D eigenvalue weighted by atomic mass is 16.5. The average molecular weight is 354 g/mol. The number of hydrogen-bond acceptors (Lipinski definition) is 7. The summed E-state index contributed by atoms with van der Waals surface area (Å²) in [6, 6.07) is 6.84. The Hall–Kier alpha value is -3.60. The molecule has 0 fully saturated rings. The van der Waals surface area contributed by atoms with Gasteiger partial charge < -0.3 is 14.6 Å². The molecule has 0 spiro atoms. The highest BCUT2D eigenvalue weighted by molar-refractivity contribution is 5.58. The standard InChI is InChI=1S/C18H18N4O4/c1-5-8-22-17(23)13(10-19)11(2)16(18(22)24)21-20-14-9-12(25-3)6-7-15(14)26-4/h5-7,9,23H,1,8H2,2-4H3. The van der Waals surface area contributed by atoms with Gasteiger partial charge in [-0.15, -0.1) is 16.8 Å². The zero-order chi connectivity index (χ0) is 19.3. The van der Waals surface area contributed by atoms with Crippen molar-refractivity contribution in [2.75, 3.05) is 14.2 Å². The molecule has 1 aromatic carbocycles. The molecule has 0 saturated heterocycles. The van der Waals surface area contributed by atoms with Crippen LogP contribution in [0.3, 0.4) is 0 Å². The molecule has 0 unspecified atom stereocenters. The van der Waals surface area contributed by atoms with Gasteiger partial charge in [0.05, 0.1) is 14.2 Å². The lowest BCUT2D eigenvalue weighted by Gasteiger charge is -2.11. The summed E-state index contributed by atoms with van der Waals surface area (Å²) in [4.78, 5) is 12.6. The fourth-order valence-corrected chi connectivity index (χ4v) is 2.33. The molecule has 1 heterocycles. The molecule has 26 heavy (non-hydrogen) atoms. The van der Waals surface area contributed by atoms with Gasteiger partial charge in [-0.25, -0.2) is 0 Å². The molecule has 0 aliphatic carbocycles. The highest BCUT2D eigenvalue weighted by Crippen LogP contribution is 2.33. The molecule has 2 aromatic rings. The number of methoxy groups -OCH3 is 2. The average Bonchev–Trinajstić information content (AvgIpc) is 2.65. The van der Waals surface area contributed by atoms with Crippen LogP contribution in [-0.2, 0) is 6.54 Å². The van der Waals surface area contributed by atoms with Gasteiger partial charge in [0.1, 0.15) is 28.8 Å². The van der Waals surface area contributed by atoms with E-state index >= 15 is 0 Å². The summed E-state index contributed by atoms with van der Waals surface area (Å²) in [5.41, 5.74) is -0.0815. The van der Waals surface area contributed by atoms with Crippen molar-refractivity contribution in [3.63, 3.8) is 0 Å². The number of benzene rings is 1. The molecule has 0 aliphatic rings. The first kappa shape index (κ1) is 18.7. The van der Waals surface area contributed by atoms with Gasteiger partial charge >= 0.3 is 0 Å². The molecule has 2 rings (SSSR count). The minimum Gasteiger partial charge on any atom is -0.497 e. The van der Waals surface area contributed by atoms with Crippen LogP contribution in [0.4, 0.5) is 11.4 Å². The lowest BCUT2D eigenvalue weighted by molar-refractivity contribution is 0.404. The summed E-state index contributed by atoms with van der Waals surface area (Å²) in [7, 11) is 3.00. The van der Waals surface area contributed by atoms with E-state index in [9.17, 15) is 15.2 Å². The van der Waals surface area contributed by atoms with Crippen LogP contribution in [-0.4, -0.2) is 23.9 Å². The lowest BCUT2D eigenvalue weighted by atomic mass is 10.1. The summed E-state index contributed by atoms with van der Waals surface area (Å²) in [5, 5.41) is 27.5. The largest absolute Gasteiger partial charge is 0.497 e. The van der Waals surface area contributed by atoms with E-state index in [1.54, 1.807) is 18.2 Å². The van der Waals surface area contributed by atoms with Crippen molar-refractivity contribution in [3.05, 3.63) is 52.3 Å². The third-order valence-electron chi connectivity index (χ3n) is 3.72. The number of aromatic nitrogens is 1. The van der Waals surface area contributed by atoms with E-state index in [0.29, 0.717) is 17.2 Å². The third-order valence-corrected chi connectivity index (χ3v) is 3.72. The Morgan fingerprint density at radius 2 is 2.08 bits per heavy atom. The number of rotatable bonds is 6. The molecule has 8 nitrogen and oxygen atoms in total. The van der Waals surface area contributed by atoms with Crippen molar-refractivity contribution in [1.29, 1.82) is 5.26 Å². The van der Waals surface area contributed by atoms with E-state index in [4.69, 9.17) is 9.47 Å². The van der Waals surface area contributed by atoms with Crippen LogP contribution in [0.25, 0.3) is 0 Å². The molecular weight excluding hydrogens is 336 g/mol. The predicted molar refractivity (Wildman–Crippen MR) is 95.7 cm³/mol. The molecule has 0 bridgehead atoms. The minimum atomic E-state index is -0.579. The number of nitriles is 1. The Morgan fingerprint density at radius 3 is 2.65 bits per heavy atom. The second kappa shape index (κ2) is 7.98. The second-order valence-corrected chi connectivity index (χ2v) is 5.23. The topological polar surface area (TPSA) is 109 Å². The van der Waals surface area contributed by atoms with Gasteiger partial charge in [0, 0.05) is 18.2 Å². The van der Waals surface area contributed by atoms with Gasteiger partial charge in [0.25, 0.3) is 5.56 Å². The fraction of sp³-hybridized carbons (Fsp3) is 0.222. The maximum Gasteiger partial charge on any atom is 0.281 e. The number of pyridine rings is 1. The number of allylic oxidation sites excluding steroid dienone is 1. The number of nitrogens with zero attached hydrogens (tertiary/aromatic N) is 4. The predicted octanol–water partition coefficient (Wildman–Crippen LogP) is 3.35. The summed E-state index contributed by atoms with van der Waals surface area (Å²) in [5.74, 6) is 0.565. The highest BCUT2D eigenvalue weighted by Gasteiger charge is 2.18. The number of azo groups is 1. The summed E-state index contributed by atoms with van der Waals surface area (Å²) < 4.78 is 11.4. The van der Waals surface area contributed by atoms with E-state index < -0.39 is 11.4 Å². The Kier molecular flexibility index (Phi) is 5.75. The third kappa shape index (κ3) is 3.42. The first-order valence-corrected chi connectivity index (χ1v) is 7.59. The van der Waals surface area contributed by atoms with Gasteiger partial charge in [-0.2, -0.15) is 5.26 Å². The van der Waals surface area contributed by atoms with Gasteiger partial charge in [-0.1, -0.05) is 6.08 Å². The smallest absolute Gasteiger partial charge is 0.281 e. The SMILES string of the molecule is C=CCn1c(O)c(C#N)c(C)c(N=Nc2cc(OC)ccc2OC)c1=O. The molecule has 0 atom stereocenters. The quantitative estimate of drug-likeness (QED) is 0.632. The van der Waals surface area contributed by atoms with Crippen molar-refractivity contribution in [2.45, 2.75) is 13.5 Å². The fourth-order valence-electron chi connectivity index (χ4n) is 2.33. The van der Waals surface area contributed by atoms with Crippen LogP contribution >= 0.6 is 0 Å². The molecule has 0 saturated carbocycles.